The normalized spacial score (nSPS) is 29.2. The molecule has 0 aromatic carbocycles. The van der Waals surface area contributed by atoms with Crippen LogP contribution in [0.15, 0.2) is 12.3 Å². The molecule has 1 aliphatic carbocycles. The fraction of sp³-hybridized carbons (Fsp3) is 0.688. The lowest BCUT2D eigenvalue weighted by molar-refractivity contribution is 0.169. The lowest BCUT2D eigenvalue weighted by Crippen LogP contribution is -2.37. The van der Waals surface area contributed by atoms with E-state index in [-0.39, 0.29) is 6.04 Å². The molecule has 106 valence electrons. The number of hydrogen-bond donors (Lipinski definition) is 2. The van der Waals surface area contributed by atoms with Gasteiger partial charge in [-0.2, -0.15) is 0 Å². The van der Waals surface area contributed by atoms with Gasteiger partial charge < -0.3 is 0 Å². The lowest BCUT2D eigenvalue weighted by Gasteiger charge is -2.36. The predicted molar refractivity (Wildman–Crippen MR) is 79.4 cm³/mol. The SMILES string of the molecule is Cc1cnc(C(NN)C2CCC(C)C(C)C2)c(C)c1. The average Bonchev–Trinajstić information content (AvgIpc) is 2.37. The van der Waals surface area contributed by atoms with Crippen molar-refractivity contribution >= 4 is 0 Å². The zero-order valence-corrected chi connectivity index (χ0v) is 12.6. The van der Waals surface area contributed by atoms with Gasteiger partial charge in [-0.1, -0.05) is 26.3 Å². The van der Waals surface area contributed by atoms with Crippen LogP contribution >= 0.6 is 0 Å². The van der Waals surface area contributed by atoms with Crippen molar-refractivity contribution in [3.8, 4) is 0 Å². The quantitative estimate of drug-likeness (QED) is 0.648. The number of nitrogens with zero attached hydrogens (tertiary/aromatic N) is 1. The van der Waals surface area contributed by atoms with E-state index in [1.807, 2.05) is 6.20 Å². The molecule has 1 heterocycles. The monoisotopic (exact) mass is 261 g/mol. The molecule has 0 saturated heterocycles. The molecule has 1 aromatic heterocycles. The molecule has 0 spiro atoms. The fourth-order valence-corrected chi connectivity index (χ4v) is 3.38. The maximum Gasteiger partial charge on any atom is 0.0663 e. The fourth-order valence-electron chi connectivity index (χ4n) is 3.38. The smallest absolute Gasteiger partial charge is 0.0663 e. The average molecular weight is 261 g/mol. The van der Waals surface area contributed by atoms with Crippen molar-refractivity contribution in [1.29, 1.82) is 0 Å². The Kier molecular flexibility index (Phi) is 4.58. The van der Waals surface area contributed by atoms with Crippen molar-refractivity contribution in [2.24, 2.45) is 23.6 Å². The Morgan fingerprint density at radius 3 is 2.58 bits per heavy atom. The summed E-state index contributed by atoms with van der Waals surface area (Å²) < 4.78 is 0. The molecule has 4 unspecified atom stereocenters. The van der Waals surface area contributed by atoms with Crippen LogP contribution in [0, 0.1) is 31.6 Å². The minimum absolute atomic E-state index is 0.190. The molecular formula is C16H27N3. The first-order chi connectivity index (χ1) is 9.02. The summed E-state index contributed by atoms with van der Waals surface area (Å²) in [6.07, 6.45) is 5.73. The van der Waals surface area contributed by atoms with E-state index in [0.29, 0.717) is 5.92 Å². The van der Waals surface area contributed by atoms with Gasteiger partial charge in [0.1, 0.15) is 0 Å². The van der Waals surface area contributed by atoms with Crippen LogP contribution in [-0.2, 0) is 0 Å². The van der Waals surface area contributed by atoms with E-state index < -0.39 is 0 Å². The van der Waals surface area contributed by atoms with Crippen LogP contribution in [-0.4, -0.2) is 4.98 Å². The highest BCUT2D eigenvalue weighted by Gasteiger charge is 2.31. The topological polar surface area (TPSA) is 50.9 Å². The van der Waals surface area contributed by atoms with Crippen molar-refractivity contribution in [1.82, 2.24) is 10.4 Å². The molecule has 3 nitrogen and oxygen atoms in total. The Hall–Kier alpha value is -0.930. The van der Waals surface area contributed by atoms with Crippen molar-refractivity contribution in [3.05, 3.63) is 29.1 Å². The van der Waals surface area contributed by atoms with E-state index in [4.69, 9.17) is 5.84 Å². The molecule has 1 fully saturated rings. The lowest BCUT2D eigenvalue weighted by atomic mass is 9.72. The minimum Gasteiger partial charge on any atom is -0.271 e. The van der Waals surface area contributed by atoms with Crippen LogP contribution in [0.25, 0.3) is 0 Å². The highest BCUT2D eigenvalue weighted by molar-refractivity contribution is 5.26. The second-order valence-electron chi connectivity index (χ2n) is 6.39. The first-order valence-corrected chi connectivity index (χ1v) is 7.42. The number of aromatic nitrogens is 1. The third kappa shape index (κ3) is 3.15. The van der Waals surface area contributed by atoms with E-state index in [0.717, 1.165) is 17.5 Å². The van der Waals surface area contributed by atoms with Crippen molar-refractivity contribution in [2.45, 2.75) is 53.0 Å². The standard InChI is InChI=1S/C16H27N3/c1-10-7-13(4)15(18-9-10)16(19-17)14-6-5-11(2)12(3)8-14/h7,9,11-12,14,16,19H,5-6,8,17H2,1-4H3. The van der Waals surface area contributed by atoms with Crippen molar-refractivity contribution < 1.29 is 0 Å². The summed E-state index contributed by atoms with van der Waals surface area (Å²) in [5, 5.41) is 0. The summed E-state index contributed by atoms with van der Waals surface area (Å²) in [5.74, 6) is 8.05. The van der Waals surface area contributed by atoms with Crippen molar-refractivity contribution in [2.75, 3.05) is 0 Å². The predicted octanol–water partition coefficient (Wildman–Crippen LogP) is 3.28. The van der Waals surface area contributed by atoms with Crippen LogP contribution in [0.4, 0.5) is 0 Å². The van der Waals surface area contributed by atoms with Gasteiger partial charge >= 0.3 is 0 Å². The molecule has 1 aromatic rings. The van der Waals surface area contributed by atoms with Gasteiger partial charge in [0.15, 0.2) is 0 Å². The van der Waals surface area contributed by atoms with E-state index in [1.165, 1.54) is 30.4 Å². The first-order valence-electron chi connectivity index (χ1n) is 7.42. The van der Waals surface area contributed by atoms with E-state index in [1.54, 1.807) is 0 Å². The molecule has 0 bridgehead atoms. The molecule has 19 heavy (non-hydrogen) atoms. The second-order valence-corrected chi connectivity index (χ2v) is 6.39. The van der Waals surface area contributed by atoms with Gasteiger partial charge in [-0.3, -0.25) is 16.3 Å². The Bertz CT molecular complexity index is 430. The molecule has 4 atom stereocenters. The number of nitrogens with two attached hydrogens (primary N) is 1. The number of hydrogen-bond acceptors (Lipinski definition) is 3. The number of rotatable bonds is 3. The number of nitrogens with one attached hydrogen (secondary N) is 1. The number of aryl methyl sites for hydroxylation is 2. The molecule has 0 aliphatic heterocycles. The van der Waals surface area contributed by atoms with Crippen LogP contribution < -0.4 is 11.3 Å². The van der Waals surface area contributed by atoms with Gasteiger partial charge in [0.25, 0.3) is 0 Å². The third-order valence-electron chi connectivity index (χ3n) is 4.84. The summed E-state index contributed by atoms with van der Waals surface area (Å²) in [5.41, 5.74) is 6.60. The molecule has 1 saturated carbocycles. The van der Waals surface area contributed by atoms with Gasteiger partial charge in [-0.25, -0.2) is 0 Å². The van der Waals surface area contributed by atoms with Crippen LogP contribution in [0.3, 0.4) is 0 Å². The van der Waals surface area contributed by atoms with Gasteiger partial charge in [0.05, 0.1) is 11.7 Å². The second kappa shape index (κ2) is 6.02. The van der Waals surface area contributed by atoms with Crippen LogP contribution in [0.5, 0.6) is 0 Å². The summed E-state index contributed by atoms with van der Waals surface area (Å²) in [6, 6.07) is 2.39. The zero-order valence-electron chi connectivity index (χ0n) is 12.6. The molecular weight excluding hydrogens is 234 g/mol. The van der Waals surface area contributed by atoms with Crippen LogP contribution in [0.2, 0.25) is 0 Å². The highest BCUT2D eigenvalue weighted by atomic mass is 15.2. The Labute approximate surface area is 117 Å². The third-order valence-corrected chi connectivity index (χ3v) is 4.84. The van der Waals surface area contributed by atoms with Gasteiger partial charge in [-0.15, -0.1) is 0 Å². The molecule has 0 radical (unpaired) electrons. The first kappa shape index (κ1) is 14.5. The Balaban J connectivity index is 2.20. The minimum atomic E-state index is 0.190. The van der Waals surface area contributed by atoms with E-state index >= 15 is 0 Å². The van der Waals surface area contributed by atoms with Gasteiger partial charge in [0, 0.05) is 6.20 Å². The summed E-state index contributed by atoms with van der Waals surface area (Å²) >= 11 is 0. The summed E-state index contributed by atoms with van der Waals surface area (Å²) in [4.78, 5) is 4.63. The maximum absolute atomic E-state index is 5.83. The molecule has 2 rings (SSSR count). The number of pyridine rings is 1. The summed E-state index contributed by atoms with van der Waals surface area (Å²) in [6.45, 7) is 8.94. The van der Waals surface area contributed by atoms with Gasteiger partial charge in [0.2, 0.25) is 0 Å². The summed E-state index contributed by atoms with van der Waals surface area (Å²) in [7, 11) is 0. The Morgan fingerprint density at radius 1 is 1.26 bits per heavy atom. The molecule has 3 N–H and O–H groups in total. The van der Waals surface area contributed by atoms with Gasteiger partial charge in [-0.05, 0) is 55.6 Å². The van der Waals surface area contributed by atoms with E-state index in [2.05, 4.69) is 44.2 Å². The number of hydrazine groups is 1. The maximum atomic E-state index is 5.83. The van der Waals surface area contributed by atoms with E-state index in [9.17, 15) is 0 Å². The largest absolute Gasteiger partial charge is 0.271 e. The zero-order chi connectivity index (χ0) is 14.0. The molecule has 0 amide bonds. The molecule has 3 heteroatoms. The Morgan fingerprint density at radius 2 is 2.00 bits per heavy atom. The molecule has 1 aliphatic rings. The highest BCUT2D eigenvalue weighted by Crippen LogP contribution is 2.39. The van der Waals surface area contributed by atoms with Crippen molar-refractivity contribution in [3.63, 3.8) is 0 Å². The van der Waals surface area contributed by atoms with Crippen LogP contribution in [0.1, 0.15) is 56.0 Å².